The normalized spacial score (nSPS) is 18.0. The van der Waals surface area contributed by atoms with Crippen LogP contribution in [0.1, 0.15) is 25.0 Å². The molecule has 2 unspecified atom stereocenters. The number of carbonyl (C=O) groups is 1. The first kappa shape index (κ1) is 26.9. The molecule has 200 valence electrons. The maximum absolute atomic E-state index is 13.4. The third-order valence-corrected chi connectivity index (χ3v) is 5.83. The molecular formula is C27H27F3N4O4. The molecule has 3 aromatic rings. The van der Waals surface area contributed by atoms with Crippen molar-refractivity contribution >= 4 is 29.5 Å². The molecule has 0 saturated carbocycles. The van der Waals surface area contributed by atoms with Crippen molar-refractivity contribution in [3.05, 3.63) is 65.9 Å². The fraction of sp³-hybridized carbons (Fsp3) is 0.296. The van der Waals surface area contributed by atoms with Gasteiger partial charge >= 0.3 is 12.1 Å². The summed E-state index contributed by atoms with van der Waals surface area (Å²) in [6, 6.07) is 10.6. The predicted octanol–water partition coefficient (Wildman–Crippen LogP) is 5.63. The molecule has 0 amide bonds. The number of benzene rings is 2. The van der Waals surface area contributed by atoms with Gasteiger partial charge in [0.1, 0.15) is 11.6 Å². The fourth-order valence-electron chi connectivity index (χ4n) is 4.29. The second kappa shape index (κ2) is 11.1. The minimum Gasteiger partial charge on any atom is -0.497 e. The molecule has 38 heavy (non-hydrogen) atoms. The van der Waals surface area contributed by atoms with Crippen LogP contribution in [-0.4, -0.2) is 53.5 Å². The highest BCUT2D eigenvalue weighted by atomic mass is 19.4. The predicted molar refractivity (Wildman–Crippen MR) is 138 cm³/mol. The number of hydrogen-bond donors (Lipinski definition) is 2. The number of aliphatic carboxylic acids is 1. The molecule has 1 aliphatic heterocycles. The number of carboxylic acids is 1. The Hall–Kier alpha value is -4.12. The highest BCUT2D eigenvalue weighted by Crippen LogP contribution is 2.36. The molecule has 2 N–H and O–H groups in total. The minimum absolute atomic E-state index is 0.0428. The number of anilines is 3. The summed E-state index contributed by atoms with van der Waals surface area (Å²) in [5.74, 6) is -0.333. The summed E-state index contributed by atoms with van der Waals surface area (Å²) >= 11 is 0. The molecule has 1 aromatic heterocycles. The third-order valence-electron chi connectivity index (χ3n) is 5.83. The zero-order valence-electron chi connectivity index (χ0n) is 21.0. The maximum atomic E-state index is 13.4. The van der Waals surface area contributed by atoms with Crippen LogP contribution in [0, 0.1) is 0 Å². The zero-order valence-corrected chi connectivity index (χ0v) is 21.0. The van der Waals surface area contributed by atoms with Crippen molar-refractivity contribution in [3.8, 4) is 16.9 Å². The lowest BCUT2D eigenvalue weighted by Gasteiger charge is -2.37. The van der Waals surface area contributed by atoms with Crippen molar-refractivity contribution in [2.24, 2.45) is 0 Å². The Morgan fingerprint density at radius 3 is 2.58 bits per heavy atom. The van der Waals surface area contributed by atoms with Crippen LogP contribution in [0.25, 0.3) is 17.2 Å². The monoisotopic (exact) mass is 528 g/mol. The standard InChI is InChI=1S/C27H27F3N4O4/c1-16-14-34(15-17(2)38-16)25-23(19-6-4-5-18(9-19)7-8-24(35)36)13-31-26(33-25)32-21-10-20(27(28,29)30)11-22(12-21)37-3/h4-13,16-17H,14-15H2,1-3H3,(H,35,36)(H,31,32,33)/b8-7+. The van der Waals surface area contributed by atoms with E-state index in [9.17, 15) is 18.0 Å². The van der Waals surface area contributed by atoms with Crippen LogP contribution >= 0.6 is 0 Å². The van der Waals surface area contributed by atoms with Crippen LogP contribution in [0.4, 0.5) is 30.6 Å². The smallest absolute Gasteiger partial charge is 0.416 e. The van der Waals surface area contributed by atoms with Gasteiger partial charge in [-0.25, -0.2) is 9.78 Å². The Kier molecular flexibility index (Phi) is 7.86. The van der Waals surface area contributed by atoms with Gasteiger partial charge in [-0.3, -0.25) is 0 Å². The van der Waals surface area contributed by atoms with Gasteiger partial charge in [-0.2, -0.15) is 18.2 Å². The molecule has 2 atom stereocenters. The Bertz CT molecular complexity index is 1340. The van der Waals surface area contributed by atoms with Crippen molar-refractivity contribution < 1.29 is 32.5 Å². The number of methoxy groups -OCH3 is 1. The average molecular weight is 529 g/mol. The van der Waals surface area contributed by atoms with E-state index in [4.69, 9.17) is 19.6 Å². The average Bonchev–Trinajstić information content (AvgIpc) is 2.86. The molecule has 1 aliphatic rings. The summed E-state index contributed by atoms with van der Waals surface area (Å²) in [5, 5.41) is 11.8. The van der Waals surface area contributed by atoms with Crippen molar-refractivity contribution in [2.45, 2.75) is 32.2 Å². The van der Waals surface area contributed by atoms with Crippen molar-refractivity contribution in [3.63, 3.8) is 0 Å². The zero-order chi connectivity index (χ0) is 27.4. The summed E-state index contributed by atoms with van der Waals surface area (Å²) < 4.78 is 51.1. The first-order chi connectivity index (χ1) is 18.0. The summed E-state index contributed by atoms with van der Waals surface area (Å²) in [4.78, 5) is 22.1. The van der Waals surface area contributed by atoms with Gasteiger partial charge in [-0.15, -0.1) is 0 Å². The first-order valence-electron chi connectivity index (χ1n) is 11.8. The lowest BCUT2D eigenvalue weighted by atomic mass is 10.0. The van der Waals surface area contributed by atoms with Gasteiger partial charge < -0.3 is 24.8 Å². The highest BCUT2D eigenvalue weighted by molar-refractivity contribution is 5.86. The van der Waals surface area contributed by atoms with E-state index in [1.54, 1.807) is 18.3 Å². The summed E-state index contributed by atoms with van der Waals surface area (Å²) in [5.41, 5.74) is 1.38. The van der Waals surface area contributed by atoms with E-state index < -0.39 is 17.7 Å². The number of halogens is 3. The SMILES string of the molecule is COc1cc(Nc2ncc(-c3cccc(/C=C/C(=O)O)c3)c(N3CC(C)OC(C)C3)n2)cc(C(F)(F)F)c1. The molecule has 1 saturated heterocycles. The van der Waals surface area contributed by atoms with E-state index in [2.05, 4.69) is 10.3 Å². The summed E-state index contributed by atoms with van der Waals surface area (Å²) in [6.07, 6.45) is -0.562. The maximum Gasteiger partial charge on any atom is 0.416 e. The molecule has 0 bridgehead atoms. The van der Waals surface area contributed by atoms with Crippen molar-refractivity contribution in [1.29, 1.82) is 0 Å². The summed E-state index contributed by atoms with van der Waals surface area (Å²) in [6.45, 7) is 5.00. The van der Waals surface area contributed by atoms with Gasteiger partial charge in [0.05, 0.1) is 24.9 Å². The highest BCUT2D eigenvalue weighted by Gasteiger charge is 2.32. The van der Waals surface area contributed by atoms with Gasteiger partial charge in [0.25, 0.3) is 0 Å². The Labute approximate surface area is 217 Å². The van der Waals surface area contributed by atoms with Gasteiger partial charge in [0.2, 0.25) is 5.95 Å². The quantitative estimate of drug-likeness (QED) is 0.381. The van der Waals surface area contributed by atoms with Crippen LogP contribution < -0.4 is 15.0 Å². The molecule has 4 rings (SSSR count). The largest absolute Gasteiger partial charge is 0.497 e. The van der Waals surface area contributed by atoms with Crippen LogP contribution in [0.2, 0.25) is 0 Å². The second-order valence-electron chi connectivity index (χ2n) is 8.96. The van der Waals surface area contributed by atoms with Gasteiger partial charge in [0, 0.05) is 42.7 Å². The third kappa shape index (κ3) is 6.60. The number of hydrogen-bond acceptors (Lipinski definition) is 7. The molecular weight excluding hydrogens is 501 g/mol. The van der Waals surface area contributed by atoms with Gasteiger partial charge in [0.15, 0.2) is 0 Å². The van der Waals surface area contributed by atoms with Crippen LogP contribution in [-0.2, 0) is 15.7 Å². The van der Waals surface area contributed by atoms with Gasteiger partial charge in [-0.1, -0.05) is 18.2 Å². The van der Waals surface area contributed by atoms with E-state index >= 15 is 0 Å². The molecule has 0 radical (unpaired) electrons. The molecule has 2 aromatic carbocycles. The molecule has 11 heteroatoms. The number of rotatable bonds is 7. The number of nitrogens with zero attached hydrogens (tertiary/aromatic N) is 3. The van der Waals surface area contributed by atoms with Crippen LogP contribution in [0.15, 0.2) is 54.7 Å². The molecule has 0 spiro atoms. The van der Waals surface area contributed by atoms with E-state index in [1.165, 1.54) is 19.3 Å². The fourth-order valence-corrected chi connectivity index (χ4v) is 4.29. The van der Waals surface area contributed by atoms with Gasteiger partial charge in [-0.05, 0) is 49.2 Å². The number of morpholine rings is 1. The number of carboxylic acid groups (broad SMARTS) is 1. The van der Waals surface area contributed by atoms with Crippen LogP contribution in [0.3, 0.4) is 0 Å². The van der Waals surface area contributed by atoms with E-state index in [1.807, 2.05) is 30.9 Å². The lowest BCUT2D eigenvalue weighted by Crippen LogP contribution is -2.46. The Morgan fingerprint density at radius 1 is 1.18 bits per heavy atom. The number of nitrogens with one attached hydrogen (secondary N) is 1. The van der Waals surface area contributed by atoms with E-state index in [0.29, 0.717) is 30.0 Å². The number of aromatic nitrogens is 2. The van der Waals surface area contributed by atoms with Crippen molar-refractivity contribution in [1.82, 2.24) is 9.97 Å². The minimum atomic E-state index is -4.55. The molecule has 2 heterocycles. The lowest BCUT2D eigenvalue weighted by molar-refractivity contribution is -0.137. The topological polar surface area (TPSA) is 96.8 Å². The second-order valence-corrected chi connectivity index (χ2v) is 8.96. The Balaban J connectivity index is 1.76. The number of ether oxygens (including phenoxy) is 2. The summed E-state index contributed by atoms with van der Waals surface area (Å²) in [7, 11) is 1.29. The Morgan fingerprint density at radius 2 is 1.92 bits per heavy atom. The number of alkyl halides is 3. The molecule has 0 aliphatic carbocycles. The molecule has 1 fully saturated rings. The van der Waals surface area contributed by atoms with Crippen LogP contribution in [0.5, 0.6) is 5.75 Å². The van der Waals surface area contributed by atoms with Crippen molar-refractivity contribution in [2.75, 3.05) is 30.4 Å². The molecule has 8 nitrogen and oxygen atoms in total. The van der Waals surface area contributed by atoms with E-state index in [0.717, 1.165) is 23.8 Å². The van der Waals surface area contributed by atoms with E-state index in [-0.39, 0.29) is 29.6 Å². The first-order valence-corrected chi connectivity index (χ1v) is 11.8.